The van der Waals surface area contributed by atoms with E-state index >= 15 is 0 Å². The minimum atomic E-state index is -3.72. The van der Waals surface area contributed by atoms with E-state index in [1.165, 1.54) is 0 Å². The zero-order valence-electron chi connectivity index (χ0n) is 9.56. The lowest BCUT2D eigenvalue weighted by Crippen LogP contribution is -2.11. The predicted octanol–water partition coefficient (Wildman–Crippen LogP) is 3.61. The lowest BCUT2D eigenvalue weighted by molar-refractivity contribution is 0.0378. The van der Waals surface area contributed by atoms with Gasteiger partial charge in [0.1, 0.15) is 0 Å². The van der Waals surface area contributed by atoms with Crippen molar-refractivity contribution in [2.75, 3.05) is 0 Å². The molecule has 8 heteroatoms. The summed E-state index contributed by atoms with van der Waals surface area (Å²) in [6.45, 7) is 3.62. The smallest absolute Gasteiger partial charge is 0.338 e. The zero-order valence-corrected chi connectivity index (χ0v) is 12.6. The normalized spacial score (nSPS) is 10.6. The third-order valence-corrected chi connectivity index (χ3v) is 1.64. The van der Waals surface area contributed by atoms with Gasteiger partial charge in [-0.05, 0) is 32.0 Å². The molecule has 0 aliphatic heterocycles. The summed E-state index contributed by atoms with van der Waals surface area (Å²) >= 11 is 5.72. The van der Waals surface area contributed by atoms with E-state index in [4.69, 9.17) is 24.8 Å². The molecule has 0 bridgehead atoms. The van der Waals surface area contributed by atoms with Gasteiger partial charge in [0.25, 0.3) is 0 Å². The van der Waals surface area contributed by atoms with Gasteiger partial charge in [-0.15, -0.1) is 0 Å². The Morgan fingerprint density at radius 2 is 1.78 bits per heavy atom. The fraction of sp³-hybridized carbons (Fsp3) is 0.300. The number of carbonyl (C=O) groups excluding carboxylic acids is 1. The van der Waals surface area contributed by atoms with Crippen LogP contribution in [0.2, 0.25) is 5.02 Å². The molecule has 0 saturated carbocycles. The highest BCUT2D eigenvalue weighted by atomic mass is 36.0. The van der Waals surface area contributed by atoms with Gasteiger partial charge in [0.2, 0.25) is 0 Å². The van der Waals surface area contributed by atoms with Gasteiger partial charge >= 0.3 is 14.2 Å². The lowest BCUT2D eigenvalue weighted by Gasteiger charge is -2.07. The van der Waals surface area contributed by atoms with E-state index in [0.29, 0.717) is 10.6 Å². The molecule has 0 radical (unpaired) electrons. The van der Waals surface area contributed by atoms with Gasteiger partial charge < -0.3 is 4.74 Å². The Morgan fingerprint density at radius 1 is 1.28 bits per heavy atom. The minimum Gasteiger partial charge on any atom is -0.459 e. The SMILES string of the molecule is CC(C)OC(=O)c1cccc(Cl)c1.O=S(=O)(Cl)Cl. The predicted molar refractivity (Wildman–Crippen MR) is 72.6 cm³/mol. The summed E-state index contributed by atoms with van der Waals surface area (Å²) < 4.78 is 23.3. The Kier molecular flexibility index (Phi) is 7.62. The van der Waals surface area contributed by atoms with Crippen molar-refractivity contribution >= 4 is 47.2 Å². The number of rotatable bonds is 2. The molecular weight excluding hydrogens is 323 g/mol. The number of hydrogen-bond acceptors (Lipinski definition) is 4. The molecular formula is C10H11Cl3O4S. The number of hydrogen-bond donors (Lipinski definition) is 0. The second-order valence-electron chi connectivity index (χ2n) is 3.34. The van der Waals surface area contributed by atoms with Gasteiger partial charge in [0.05, 0.1) is 11.7 Å². The molecule has 0 fully saturated rings. The van der Waals surface area contributed by atoms with E-state index < -0.39 is 8.26 Å². The van der Waals surface area contributed by atoms with Crippen LogP contribution >= 0.6 is 33.0 Å². The van der Waals surface area contributed by atoms with Crippen molar-refractivity contribution in [3.63, 3.8) is 0 Å². The summed E-state index contributed by atoms with van der Waals surface area (Å²) in [7, 11) is 4.81. The molecule has 102 valence electrons. The van der Waals surface area contributed by atoms with Crippen LogP contribution in [0.5, 0.6) is 0 Å². The standard InChI is InChI=1S/C10H11ClO2.Cl2O2S/c1-7(2)13-10(12)8-4-3-5-9(11)6-8;1-5(2,3)4/h3-7H,1-2H3;. The molecule has 0 unspecified atom stereocenters. The summed E-state index contributed by atoms with van der Waals surface area (Å²) in [4.78, 5) is 11.3. The third-order valence-electron chi connectivity index (χ3n) is 1.40. The number of carbonyl (C=O) groups is 1. The average Bonchev–Trinajstić information content (AvgIpc) is 2.13. The molecule has 0 heterocycles. The maximum absolute atomic E-state index is 11.3. The Bertz CT molecular complexity index is 492. The van der Waals surface area contributed by atoms with Crippen LogP contribution in [0.25, 0.3) is 0 Å². The fourth-order valence-electron chi connectivity index (χ4n) is 0.898. The molecule has 0 saturated heterocycles. The first-order valence-corrected chi connectivity index (χ1v) is 8.21. The largest absolute Gasteiger partial charge is 0.459 e. The third kappa shape index (κ3) is 10.7. The van der Waals surface area contributed by atoms with Gasteiger partial charge in [-0.3, -0.25) is 0 Å². The maximum atomic E-state index is 11.3. The van der Waals surface area contributed by atoms with Gasteiger partial charge in [0.15, 0.2) is 0 Å². The van der Waals surface area contributed by atoms with E-state index in [9.17, 15) is 4.79 Å². The molecule has 0 spiro atoms. The number of halogens is 3. The van der Waals surface area contributed by atoms with Crippen molar-refractivity contribution in [2.45, 2.75) is 20.0 Å². The number of ether oxygens (including phenoxy) is 1. The van der Waals surface area contributed by atoms with Gasteiger partial charge in [-0.25, -0.2) is 4.79 Å². The van der Waals surface area contributed by atoms with Crippen molar-refractivity contribution in [2.24, 2.45) is 0 Å². The van der Waals surface area contributed by atoms with E-state index in [-0.39, 0.29) is 12.1 Å². The molecule has 1 aromatic carbocycles. The van der Waals surface area contributed by atoms with E-state index in [1.807, 2.05) is 13.8 Å². The van der Waals surface area contributed by atoms with Crippen LogP contribution in [0.1, 0.15) is 24.2 Å². The summed E-state index contributed by atoms with van der Waals surface area (Å²) in [5, 5.41) is 0.540. The van der Waals surface area contributed by atoms with Crippen molar-refractivity contribution in [1.82, 2.24) is 0 Å². The van der Waals surface area contributed by atoms with Gasteiger partial charge in [0, 0.05) is 26.4 Å². The van der Waals surface area contributed by atoms with Crippen molar-refractivity contribution < 1.29 is 17.9 Å². The molecule has 0 amide bonds. The molecule has 1 rings (SSSR count). The molecule has 18 heavy (non-hydrogen) atoms. The minimum absolute atomic E-state index is 0.105. The molecule has 1 aromatic rings. The Hall–Kier alpha value is -0.490. The maximum Gasteiger partial charge on any atom is 0.338 e. The summed E-state index contributed by atoms with van der Waals surface area (Å²) in [6.07, 6.45) is -0.105. The highest BCUT2D eigenvalue weighted by Gasteiger charge is 2.08. The van der Waals surface area contributed by atoms with Crippen LogP contribution in [-0.2, 0) is 13.0 Å². The highest BCUT2D eigenvalue weighted by molar-refractivity contribution is 8.31. The summed E-state index contributed by atoms with van der Waals surface area (Å²) in [5.74, 6) is -0.336. The topological polar surface area (TPSA) is 60.4 Å². The monoisotopic (exact) mass is 332 g/mol. The van der Waals surface area contributed by atoms with Crippen LogP contribution in [-0.4, -0.2) is 20.5 Å². The van der Waals surface area contributed by atoms with Crippen LogP contribution in [0.4, 0.5) is 0 Å². The average molecular weight is 334 g/mol. The van der Waals surface area contributed by atoms with Crippen LogP contribution in [0, 0.1) is 0 Å². The Balaban J connectivity index is 0.000000494. The van der Waals surface area contributed by atoms with E-state index in [2.05, 4.69) is 21.4 Å². The Labute approximate surface area is 120 Å². The molecule has 0 atom stereocenters. The van der Waals surface area contributed by atoms with Crippen molar-refractivity contribution in [3.8, 4) is 0 Å². The summed E-state index contributed by atoms with van der Waals surface area (Å²) in [5.41, 5.74) is 0.487. The second kappa shape index (κ2) is 7.84. The molecule has 0 N–H and O–H groups in total. The van der Waals surface area contributed by atoms with Crippen LogP contribution in [0.15, 0.2) is 24.3 Å². The zero-order chi connectivity index (χ0) is 14.3. The van der Waals surface area contributed by atoms with E-state index in [1.54, 1.807) is 24.3 Å². The van der Waals surface area contributed by atoms with Crippen molar-refractivity contribution in [1.29, 1.82) is 0 Å². The molecule has 0 aliphatic carbocycles. The first-order chi connectivity index (χ1) is 8.09. The molecule has 0 aromatic heterocycles. The van der Waals surface area contributed by atoms with Gasteiger partial charge in [-0.2, -0.15) is 8.42 Å². The first kappa shape index (κ1) is 17.5. The molecule has 4 nitrogen and oxygen atoms in total. The van der Waals surface area contributed by atoms with E-state index in [0.717, 1.165) is 0 Å². The molecule has 0 aliphatic rings. The van der Waals surface area contributed by atoms with Gasteiger partial charge in [-0.1, -0.05) is 17.7 Å². The van der Waals surface area contributed by atoms with Crippen LogP contribution < -0.4 is 0 Å². The first-order valence-electron chi connectivity index (χ1n) is 4.70. The van der Waals surface area contributed by atoms with Crippen LogP contribution in [0.3, 0.4) is 0 Å². The highest BCUT2D eigenvalue weighted by Crippen LogP contribution is 2.12. The van der Waals surface area contributed by atoms with Crippen molar-refractivity contribution in [3.05, 3.63) is 34.9 Å². The lowest BCUT2D eigenvalue weighted by atomic mass is 10.2. The Morgan fingerprint density at radius 3 is 2.17 bits per heavy atom. The fourth-order valence-corrected chi connectivity index (χ4v) is 1.09. The second-order valence-corrected chi connectivity index (χ2v) is 7.45. The number of esters is 1. The number of benzene rings is 1. The quantitative estimate of drug-likeness (QED) is 0.612. The summed E-state index contributed by atoms with van der Waals surface area (Å²) in [6, 6.07) is 6.70.